The van der Waals surface area contributed by atoms with Crippen molar-refractivity contribution in [3.05, 3.63) is 35.9 Å². The molecule has 0 aromatic heterocycles. The fourth-order valence-electron chi connectivity index (χ4n) is 2.24. The SMILES string of the molecule is Cl.O=C(O)CC(=O)N1CCN(Cc2ccccc2)CC1. The van der Waals surface area contributed by atoms with E-state index < -0.39 is 12.4 Å². The minimum atomic E-state index is -1.06. The van der Waals surface area contributed by atoms with E-state index in [0.29, 0.717) is 13.1 Å². The average Bonchev–Trinajstić information content (AvgIpc) is 2.40. The topological polar surface area (TPSA) is 60.9 Å². The van der Waals surface area contributed by atoms with Gasteiger partial charge in [0.25, 0.3) is 0 Å². The van der Waals surface area contributed by atoms with E-state index >= 15 is 0 Å². The van der Waals surface area contributed by atoms with Crippen molar-refractivity contribution in [1.82, 2.24) is 9.80 Å². The van der Waals surface area contributed by atoms with Crippen molar-refractivity contribution in [2.75, 3.05) is 26.2 Å². The number of carbonyl (C=O) groups excluding carboxylic acids is 1. The lowest BCUT2D eigenvalue weighted by molar-refractivity contribution is -0.145. The number of amides is 1. The van der Waals surface area contributed by atoms with Crippen molar-refractivity contribution in [2.24, 2.45) is 0 Å². The van der Waals surface area contributed by atoms with Gasteiger partial charge in [-0.25, -0.2) is 0 Å². The number of halogens is 1. The van der Waals surface area contributed by atoms with Gasteiger partial charge in [0, 0.05) is 32.7 Å². The molecule has 0 bridgehead atoms. The van der Waals surface area contributed by atoms with E-state index in [4.69, 9.17) is 5.11 Å². The minimum absolute atomic E-state index is 0. The highest BCUT2D eigenvalue weighted by Crippen LogP contribution is 2.09. The van der Waals surface area contributed by atoms with Crippen LogP contribution in [-0.2, 0) is 16.1 Å². The molecule has 1 fully saturated rings. The Morgan fingerprint density at radius 1 is 1.05 bits per heavy atom. The summed E-state index contributed by atoms with van der Waals surface area (Å²) in [6.07, 6.45) is -0.404. The van der Waals surface area contributed by atoms with Gasteiger partial charge >= 0.3 is 5.97 Å². The van der Waals surface area contributed by atoms with E-state index in [1.165, 1.54) is 5.56 Å². The van der Waals surface area contributed by atoms with Crippen molar-refractivity contribution in [3.63, 3.8) is 0 Å². The van der Waals surface area contributed by atoms with E-state index in [9.17, 15) is 9.59 Å². The van der Waals surface area contributed by atoms with E-state index in [2.05, 4.69) is 17.0 Å². The summed E-state index contributed by atoms with van der Waals surface area (Å²) < 4.78 is 0. The van der Waals surface area contributed by atoms with Crippen LogP contribution in [0.15, 0.2) is 30.3 Å². The van der Waals surface area contributed by atoms with Gasteiger partial charge in [-0.1, -0.05) is 30.3 Å². The Kier molecular flexibility index (Phi) is 6.48. The molecule has 0 spiro atoms. The third kappa shape index (κ3) is 4.83. The molecule has 20 heavy (non-hydrogen) atoms. The van der Waals surface area contributed by atoms with Gasteiger partial charge in [0.2, 0.25) is 5.91 Å². The quantitative estimate of drug-likeness (QED) is 0.849. The molecule has 0 saturated carbocycles. The van der Waals surface area contributed by atoms with Crippen LogP contribution in [-0.4, -0.2) is 53.0 Å². The lowest BCUT2D eigenvalue weighted by Gasteiger charge is -2.34. The largest absolute Gasteiger partial charge is 0.481 e. The normalized spacial score (nSPS) is 15.5. The molecule has 1 aromatic carbocycles. The van der Waals surface area contributed by atoms with E-state index in [0.717, 1.165) is 19.6 Å². The predicted octanol–water partition coefficient (Wildman–Crippen LogP) is 1.23. The summed E-state index contributed by atoms with van der Waals surface area (Å²) >= 11 is 0. The lowest BCUT2D eigenvalue weighted by Crippen LogP contribution is -2.48. The second-order valence-electron chi connectivity index (χ2n) is 4.71. The number of hydrogen-bond acceptors (Lipinski definition) is 3. The lowest BCUT2D eigenvalue weighted by atomic mass is 10.2. The van der Waals surface area contributed by atoms with E-state index in [1.807, 2.05) is 18.2 Å². The summed E-state index contributed by atoms with van der Waals surface area (Å²) in [6.45, 7) is 3.68. The number of carboxylic acids is 1. The standard InChI is InChI=1S/C14H18N2O3.ClH/c17-13(10-14(18)19)16-8-6-15(7-9-16)11-12-4-2-1-3-5-12;/h1-5H,6-11H2,(H,18,19);1H. The van der Waals surface area contributed by atoms with Crippen molar-refractivity contribution >= 4 is 24.3 Å². The van der Waals surface area contributed by atoms with Crippen LogP contribution < -0.4 is 0 Å². The van der Waals surface area contributed by atoms with Gasteiger partial charge in [-0.05, 0) is 5.56 Å². The minimum Gasteiger partial charge on any atom is -0.481 e. The Morgan fingerprint density at radius 3 is 2.20 bits per heavy atom. The Morgan fingerprint density at radius 2 is 1.65 bits per heavy atom. The Hall–Kier alpha value is -1.59. The zero-order chi connectivity index (χ0) is 13.7. The van der Waals surface area contributed by atoms with Crippen LogP contribution in [0.2, 0.25) is 0 Å². The third-order valence-corrected chi connectivity index (χ3v) is 3.28. The molecule has 0 unspecified atom stereocenters. The molecule has 1 heterocycles. The highest BCUT2D eigenvalue weighted by molar-refractivity contribution is 5.93. The number of hydrogen-bond donors (Lipinski definition) is 1. The van der Waals surface area contributed by atoms with Crippen molar-refractivity contribution in [1.29, 1.82) is 0 Å². The van der Waals surface area contributed by atoms with Crippen LogP contribution in [0, 0.1) is 0 Å². The number of carbonyl (C=O) groups is 2. The second-order valence-corrected chi connectivity index (χ2v) is 4.71. The van der Waals surface area contributed by atoms with Gasteiger partial charge in [-0.2, -0.15) is 0 Å². The average molecular weight is 299 g/mol. The highest BCUT2D eigenvalue weighted by Gasteiger charge is 2.22. The van der Waals surface area contributed by atoms with Crippen molar-refractivity contribution in [2.45, 2.75) is 13.0 Å². The summed E-state index contributed by atoms with van der Waals surface area (Å²) in [7, 11) is 0. The number of carboxylic acid groups (broad SMARTS) is 1. The molecule has 0 aliphatic carbocycles. The maximum atomic E-state index is 11.6. The first-order valence-electron chi connectivity index (χ1n) is 6.41. The number of benzene rings is 1. The number of rotatable bonds is 4. The molecule has 110 valence electrons. The molecule has 1 aliphatic rings. The van der Waals surface area contributed by atoms with Gasteiger partial charge in [0.1, 0.15) is 6.42 Å². The van der Waals surface area contributed by atoms with E-state index in [1.54, 1.807) is 4.90 Å². The first kappa shape index (κ1) is 16.5. The summed E-state index contributed by atoms with van der Waals surface area (Å²) in [5.41, 5.74) is 1.26. The van der Waals surface area contributed by atoms with Crippen LogP contribution in [0.25, 0.3) is 0 Å². The van der Waals surface area contributed by atoms with Gasteiger partial charge in [0.05, 0.1) is 0 Å². The molecule has 6 heteroatoms. The molecule has 1 aliphatic heterocycles. The molecule has 1 amide bonds. The Balaban J connectivity index is 0.00000200. The van der Waals surface area contributed by atoms with Crippen LogP contribution in [0.5, 0.6) is 0 Å². The predicted molar refractivity (Wildman–Crippen MR) is 77.8 cm³/mol. The number of piperazine rings is 1. The molecule has 1 saturated heterocycles. The van der Waals surface area contributed by atoms with Gasteiger partial charge < -0.3 is 10.0 Å². The third-order valence-electron chi connectivity index (χ3n) is 3.28. The summed E-state index contributed by atoms with van der Waals surface area (Å²) in [5.74, 6) is -1.34. The van der Waals surface area contributed by atoms with Crippen LogP contribution in [0.1, 0.15) is 12.0 Å². The molecule has 5 nitrogen and oxygen atoms in total. The molecule has 0 atom stereocenters. The monoisotopic (exact) mass is 298 g/mol. The van der Waals surface area contributed by atoms with Crippen molar-refractivity contribution < 1.29 is 14.7 Å². The van der Waals surface area contributed by atoms with Crippen molar-refractivity contribution in [3.8, 4) is 0 Å². The maximum absolute atomic E-state index is 11.6. The number of aliphatic carboxylic acids is 1. The van der Waals surface area contributed by atoms with Crippen LogP contribution in [0.4, 0.5) is 0 Å². The molecular weight excluding hydrogens is 280 g/mol. The summed E-state index contributed by atoms with van der Waals surface area (Å²) in [6, 6.07) is 10.2. The molecule has 1 aromatic rings. The molecule has 2 rings (SSSR count). The van der Waals surface area contributed by atoms with Crippen LogP contribution >= 0.6 is 12.4 Å². The molecular formula is C14H19ClN2O3. The molecule has 0 radical (unpaired) electrons. The zero-order valence-corrected chi connectivity index (χ0v) is 12.0. The first-order valence-corrected chi connectivity index (χ1v) is 6.41. The fraction of sp³-hybridized carbons (Fsp3) is 0.429. The van der Waals surface area contributed by atoms with Crippen LogP contribution in [0.3, 0.4) is 0 Å². The smallest absolute Gasteiger partial charge is 0.312 e. The Bertz CT molecular complexity index is 445. The highest BCUT2D eigenvalue weighted by atomic mass is 35.5. The van der Waals surface area contributed by atoms with E-state index in [-0.39, 0.29) is 18.3 Å². The van der Waals surface area contributed by atoms with Gasteiger partial charge in [-0.3, -0.25) is 14.5 Å². The van der Waals surface area contributed by atoms with Gasteiger partial charge in [-0.15, -0.1) is 12.4 Å². The maximum Gasteiger partial charge on any atom is 0.312 e. The first-order chi connectivity index (χ1) is 9.15. The fourth-order valence-corrected chi connectivity index (χ4v) is 2.24. The Labute approximate surface area is 124 Å². The molecule has 1 N–H and O–H groups in total. The van der Waals surface area contributed by atoms with Gasteiger partial charge in [0.15, 0.2) is 0 Å². The zero-order valence-electron chi connectivity index (χ0n) is 11.2. The second kappa shape index (κ2) is 7.87. The number of nitrogens with zero attached hydrogens (tertiary/aromatic N) is 2. The summed E-state index contributed by atoms with van der Waals surface area (Å²) in [4.78, 5) is 26.0. The summed E-state index contributed by atoms with van der Waals surface area (Å²) in [5, 5.41) is 8.60.